The average molecular weight is 558 g/mol. The summed E-state index contributed by atoms with van der Waals surface area (Å²) in [5, 5.41) is 3.82. The number of carbonyl (C=O) groups excluding carboxylic acids is 1. The number of methoxy groups -OCH3 is 1. The van der Waals surface area contributed by atoms with Gasteiger partial charge in [0.25, 0.3) is 11.8 Å². The van der Waals surface area contributed by atoms with Gasteiger partial charge in [-0.3, -0.25) is 9.69 Å². The van der Waals surface area contributed by atoms with Crippen LogP contribution in [0.2, 0.25) is 0 Å². The van der Waals surface area contributed by atoms with Gasteiger partial charge in [-0.05, 0) is 74.0 Å². The van der Waals surface area contributed by atoms with Crippen LogP contribution in [0.25, 0.3) is 10.9 Å². The third-order valence-electron chi connectivity index (χ3n) is 9.23. The van der Waals surface area contributed by atoms with Crippen LogP contribution in [0.1, 0.15) is 78.5 Å². The molecule has 214 valence electrons. The number of ether oxygens (including phenoxy) is 1. The van der Waals surface area contributed by atoms with E-state index in [-0.39, 0.29) is 37.6 Å². The van der Waals surface area contributed by atoms with Crippen molar-refractivity contribution in [1.82, 2.24) is 15.2 Å². The minimum atomic E-state index is -2.74. The summed E-state index contributed by atoms with van der Waals surface area (Å²) in [7, 11) is 1.66. The van der Waals surface area contributed by atoms with E-state index < -0.39 is 22.8 Å². The highest BCUT2D eigenvalue weighted by Gasteiger charge is 2.58. The fourth-order valence-corrected chi connectivity index (χ4v) is 7.43. The summed E-state index contributed by atoms with van der Waals surface area (Å²) in [4.78, 5) is 18.5. The molecule has 1 saturated heterocycles. The van der Waals surface area contributed by atoms with Crippen molar-refractivity contribution in [3.63, 3.8) is 0 Å². The van der Waals surface area contributed by atoms with Crippen LogP contribution in [0.5, 0.6) is 5.75 Å². The van der Waals surface area contributed by atoms with E-state index in [9.17, 15) is 22.4 Å². The van der Waals surface area contributed by atoms with Gasteiger partial charge in [-0.25, -0.2) is 17.6 Å². The van der Waals surface area contributed by atoms with Crippen molar-refractivity contribution in [2.45, 2.75) is 82.3 Å². The fraction of sp³-hybridized carbons (Fsp3) is 0.516. The summed E-state index contributed by atoms with van der Waals surface area (Å²) in [6.07, 6.45) is 2.29. The predicted octanol–water partition coefficient (Wildman–Crippen LogP) is 7.16. The van der Waals surface area contributed by atoms with Gasteiger partial charge in [-0.1, -0.05) is 12.1 Å². The molecule has 1 aromatic heterocycles. The van der Waals surface area contributed by atoms with Crippen molar-refractivity contribution in [2.75, 3.05) is 13.7 Å². The maximum absolute atomic E-state index is 14.1. The number of amides is 1. The third kappa shape index (κ3) is 4.86. The first-order valence-corrected chi connectivity index (χ1v) is 13.9. The fourth-order valence-electron chi connectivity index (χ4n) is 7.43. The molecule has 0 radical (unpaired) electrons. The van der Waals surface area contributed by atoms with Crippen LogP contribution in [-0.4, -0.2) is 46.8 Å². The van der Waals surface area contributed by atoms with E-state index in [0.29, 0.717) is 31.5 Å². The van der Waals surface area contributed by atoms with E-state index >= 15 is 0 Å². The Morgan fingerprint density at radius 3 is 2.38 bits per heavy atom. The zero-order chi connectivity index (χ0) is 28.5. The second-order valence-electron chi connectivity index (χ2n) is 12.6. The Labute approximate surface area is 231 Å². The molecule has 2 N–H and O–H groups in total. The first kappa shape index (κ1) is 27.1. The predicted molar refractivity (Wildman–Crippen MR) is 145 cm³/mol. The number of aryl methyl sites for hydroxylation is 1. The van der Waals surface area contributed by atoms with Crippen molar-refractivity contribution in [3.05, 3.63) is 64.8 Å². The number of hydrogen-bond donors (Lipinski definition) is 2. The summed E-state index contributed by atoms with van der Waals surface area (Å²) < 4.78 is 60.7. The quantitative estimate of drug-likeness (QED) is 0.317. The van der Waals surface area contributed by atoms with Crippen LogP contribution in [0.3, 0.4) is 0 Å². The number of piperidine rings is 1. The molecular formula is C31H35F4N3O2. The molecule has 5 nitrogen and oxygen atoms in total. The van der Waals surface area contributed by atoms with Gasteiger partial charge in [0.15, 0.2) is 0 Å². The molecule has 3 fully saturated rings. The van der Waals surface area contributed by atoms with Crippen molar-refractivity contribution in [1.29, 1.82) is 0 Å². The minimum Gasteiger partial charge on any atom is -0.496 e. The largest absolute Gasteiger partial charge is 0.496 e. The van der Waals surface area contributed by atoms with E-state index in [1.165, 1.54) is 0 Å². The minimum absolute atomic E-state index is 0.0933. The zero-order valence-corrected chi connectivity index (χ0v) is 23.1. The van der Waals surface area contributed by atoms with E-state index in [4.69, 9.17) is 4.74 Å². The Hall–Kier alpha value is -3.07. The topological polar surface area (TPSA) is 57.4 Å². The monoisotopic (exact) mass is 557 g/mol. The highest BCUT2D eigenvalue weighted by atomic mass is 19.3. The molecule has 3 aliphatic rings. The summed E-state index contributed by atoms with van der Waals surface area (Å²) in [5.74, 6) is -4.95. The first-order chi connectivity index (χ1) is 18.8. The van der Waals surface area contributed by atoms with Gasteiger partial charge in [-0.2, -0.15) is 0 Å². The standard InChI is InChI=1S/C31H35F4N3O2/c1-19-12-25(40-3)23(22-8-10-36-26(19)22)14-38-11-9-29(17-31(34,35)18-29)13-24(38)20-4-6-21(7-5-20)27(39)37-28(2)15-30(32,33)16-28/h4-8,10,12,24,36H,9,11,13-18H2,1-3H3,(H,37,39). The number of H-pyrrole nitrogens is 1. The lowest BCUT2D eigenvalue weighted by Crippen LogP contribution is -2.60. The molecule has 1 spiro atoms. The molecule has 1 unspecified atom stereocenters. The van der Waals surface area contributed by atoms with Gasteiger partial charge in [0.2, 0.25) is 5.92 Å². The number of halogens is 4. The van der Waals surface area contributed by atoms with E-state index in [1.54, 1.807) is 26.2 Å². The lowest BCUT2D eigenvalue weighted by Gasteiger charge is -2.54. The molecule has 9 heteroatoms. The van der Waals surface area contributed by atoms with Crippen LogP contribution in [0.4, 0.5) is 17.6 Å². The molecule has 2 heterocycles. The third-order valence-corrected chi connectivity index (χ3v) is 9.23. The van der Waals surface area contributed by atoms with Crippen LogP contribution >= 0.6 is 0 Å². The Morgan fingerprint density at radius 2 is 1.75 bits per heavy atom. The number of nitrogens with zero attached hydrogens (tertiary/aromatic N) is 1. The number of fused-ring (bicyclic) bond motifs is 1. The second-order valence-corrected chi connectivity index (χ2v) is 12.6. The lowest BCUT2D eigenvalue weighted by atomic mass is 9.59. The molecule has 1 aliphatic heterocycles. The highest BCUT2D eigenvalue weighted by molar-refractivity contribution is 5.94. The van der Waals surface area contributed by atoms with E-state index in [1.807, 2.05) is 37.4 Å². The van der Waals surface area contributed by atoms with Gasteiger partial charge < -0.3 is 15.0 Å². The summed E-state index contributed by atoms with van der Waals surface area (Å²) in [6, 6.07) is 11.1. The van der Waals surface area contributed by atoms with Gasteiger partial charge in [-0.15, -0.1) is 0 Å². The van der Waals surface area contributed by atoms with Crippen molar-refractivity contribution < 1.29 is 27.1 Å². The maximum atomic E-state index is 14.1. The van der Waals surface area contributed by atoms with Crippen molar-refractivity contribution in [2.24, 2.45) is 5.41 Å². The number of aromatic nitrogens is 1. The molecule has 2 saturated carbocycles. The van der Waals surface area contributed by atoms with Crippen LogP contribution in [0.15, 0.2) is 42.6 Å². The molecule has 1 atom stereocenters. The maximum Gasteiger partial charge on any atom is 0.252 e. The normalized spacial score (nSPS) is 24.3. The molecule has 1 amide bonds. The van der Waals surface area contributed by atoms with Gasteiger partial charge in [0.1, 0.15) is 5.75 Å². The number of nitrogens with one attached hydrogen (secondary N) is 2. The molecule has 6 rings (SSSR count). The Bertz CT molecular complexity index is 1430. The molecule has 40 heavy (non-hydrogen) atoms. The summed E-state index contributed by atoms with van der Waals surface area (Å²) >= 11 is 0. The average Bonchev–Trinajstić information content (AvgIpc) is 3.35. The Morgan fingerprint density at radius 1 is 1.07 bits per heavy atom. The Balaban J connectivity index is 1.27. The van der Waals surface area contributed by atoms with Crippen LogP contribution in [-0.2, 0) is 6.54 Å². The number of rotatable bonds is 6. The van der Waals surface area contributed by atoms with E-state index in [0.717, 1.165) is 33.3 Å². The van der Waals surface area contributed by atoms with Crippen LogP contribution in [0, 0.1) is 12.3 Å². The SMILES string of the molecule is COc1cc(C)c2[nH]ccc2c1CN1CCC2(CC1c1ccc(C(=O)NC3(C)CC(F)(F)C3)cc1)CC(F)(F)C2. The van der Waals surface area contributed by atoms with Gasteiger partial charge >= 0.3 is 0 Å². The van der Waals surface area contributed by atoms with Crippen molar-refractivity contribution >= 4 is 16.8 Å². The number of likely N-dealkylation sites (tertiary alicyclic amines) is 1. The lowest BCUT2D eigenvalue weighted by molar-refractivity contribution is -0.186. The van der Waals surface area contributed by atoms with E-state index in [2.05, 4.69) is 15.2 Å². The smallest absolute Gasteiger partial charge is 0.252 e. The molecular weight excluding hydrogens is 522 g/mol. The van der Waals surface area contributed by atoms with Gasteiger partial charge in [0, 0.05) is 72.0 Å². The number of aromatic amines is 1. The second kappa shape index (κ2) is 9.23. The zero-order valence-electron chi connectivity index (χ0n) is 23.1. The van der Waals surface area contributed by atoms with Crippen molar-refractivity contribution in [3.8, 4) is 5.75 Å². The summed E-state index contributed by atoms with van der Waals surface area (Å²) in [6.45, 7) is 4.91. The Kier molecular flexibility index (Phi) is 6.25. The molecule has 2 aromatic carbocycles. The first-order valence-electron chi connectivity index (χ1n) is 13.9. The molecule has 0 bridgehead atoms. The number of hydrogen-bond acceptors (Lipinski definition) is 3. The number of alkyl halides is 4. The highest BCUT2D eigenvalue weighted by Crippen LogP contribution is 2.60. The molecule has 2 aliphatic carbocycles. The number of benzene rings is 2. The number of carbonyl (C=O) groups is 1. The molecule has 3 aromatic rings. The van der Waals surface area contributed by atoms with Crippen LogP contribution < -0.4 is 10.1 Å². The van der Waals surface area contributed by atoms with Gasteiger partial charge in [0.05, 0.1) is 7.11 Å². The summed E-state index contributed by atoms with van der Waals surface area (Å²) in [5.41, 5.74) is 3.20.